The number of benzene rings is 1. The molecule has 0 bridgehead atoms. The molecule has 3 nitrogen and oxygen atoms in total. The third-order valence-electron chi connectivity index (χ3n) is 1.78. The Labute approximate surface area is 101 Å². The number of alkyl halides is 2. The summed E-state index contributed by atoms with van der Waals surface area (Å²) in [4.78, 5) is 10.1. The van der Waals surface area contributed by atoms with Crippen LogP contribution < -0.4 is 0 Å². The van der Waals surface area contributed by atoms with Crippen LogP contribution in [0, 0.1) is 10.1 Å². The number of nitro groups is 1. The van der Waals surface area contributed by atoms with Crippen molar-refractivity contribution < 1.29 is 4.92 Å². The van der Waals surface area contributed by atoms with Crippen molar-refractivity contribution in [3.63, 3.8) is 0 Å². The van der Waals surface area contributed by atoms with Gasteiger partial charge < -0.3 is 0 Å². The maximum atomic E-state index is 10.7. The molecule has 6 heteroatoms. The highest BCUT2D eigenvalue weighted by molar-refractivity contribution is 6.55. The smallest absolute Gasteiger partial charge is 0.258 e. The molecule has 0 aromatic heterocycles. The van der Waals surface area contributed by atoms with E-state index in [1.165, 1.54) is 18.2 Å². The van der Waals surface area contributed by atoms with Gasteiger partial charge in [-0.25, -0.2) is 0 Å². The SMILES string of the molecule is C=C(Cl)C(Cl)(Cl)c1ccccc1[N+](=O)[O-]. The van der Waals surface area contributed by atoms with E-state index in [4.69, 9.17) is 34.8 Å². The van der Waals surface area contributed by atoms with Gasteiger partial charge in [0.25, 0.3) is 5.69 Å². The number of hydrogen-bond acceptors (Lipinski definition) is 2. The van der Waals surface area contributed by atoms with Crippen molar-refractivity contribution in [2.45, 2.75) is 4.33 Å². The van der Waals surface area contributed by atoms with Crippen molar-refractivity contribution in [3.05, 3.63) is 51.6 Å². The molecule has 0 aliphatic rings. The van der Waals surface area contributed by atoms with Gasteiger partial charge in [0.05, 0.1) is 15.5 Å². The standard InChI is InChI=1S/C9H6Cl3NO2/c1-6(10)9(11,12)7-4-2-3-5-8(7)13(14)15/h2-5H,1H2. The molecule has 15 heavy (non-hydrogen) atoms. The zero-order valence-corrected chi connectivity index (χ0v) is 9.68. The fourth-order valence-electron chi connectivity index (χ4n) is 1.04. The molecule has 0 aliphatic heterocycles. The average Bonchev–Trinajstić information content (AvgIpc) is 2.17. The predicted molar refractivity (Wildman–Crippen MR) is 61.5 cm³/mol. The number of para-hydroxylation sites is 1. The second-order valence-corrected chi connectivity index (χ2v) is 4.54. The van der Waals surface area contributed by atoms with Crippen LogP contribution in [0.4, 0.5) is 5.69 Å². The lowest BCUT2D eigenvalue weighted by Gasteiger charge is -2.17. The van der Waals surface area contributed by atoms with Crippen LogP contribution in [0.5, 0.6) is 0 Å². The van der Waals surface area contributed by atoms with Crippen molar-refractivity contribution in [2.75, 3.05) is 0 Å². The highest BCUT2D eigenvalue weighted by Crippen LogP contribution is 2.45. The topological polar surface area (TPSA) is 43.1 Å². The Morgan fingerprint density at radius 1 is 1.40 bits per heavy atom. The molecule has 0 N–H and O–H groups in total. The first kappa shape index (κ1) is 12.3. The lowest BCUT2D eigenvalue weighted by Crippen LogP contribution is -2.12. The molecule has 1 rings (SSSR count). The summed E-state index contributed by atoms with van der Waals surface area (Å²) in [7, 11) is 0. The fraction of sp³-hybridized carbons (Fsp3) is 0.111. The average molecular weight is 267 g/mol. The predicted octanol–water partition coefficient (Wildman–Crippen LogP) is 3.98. The van der Waals surface area contributed by atoms with E-state index in [-0.39, 0.29) is 16.3 Å². The number of nitrogens with zero attached hydrogens (tertiary/aromatic N) is 1. The molecule has 0 heterocycles. The maximum absolute atomic E-state index is 10.7. The van der Waals surface area contributed by atoms with Crippen LogP contribution in [0.3, 0.4) is 0 Å². The van der Waals surface area contributed by atoms with Gasteiger partial charge in [0.15, 0.2) is 4.33 Å². The minimum Gasteiger partial charge on any atom is -0.258 e. The van der Waals surface area contributed by atoms with Gasteiger partial charge in [-0.05, 0) is 6.07 Å². The zero-order chi connectivity index (χ0) is 11.6. The normalized spacial score (nSPS) is 11.1. The Morgan fingerprint density at radius 3 is 2.40 bits per heavy atom. The van der Waals surface area contributed by atoms with Crippen molar-refractivity contribution in [1.29, 1.82) is 0 Å². The Balaban J connectivity index is 3.37. The first-order valence-corrected chi connectivity index (χ1v) is 4.97. The van der Waals surface area contributed by atoms with Crippen molar-refractivity contribution in [2.24, 2.45) is 0 Å². The summed E-state index contributed by atoms with van der Waals surface area (Å²) >= 11 is 17.4. The molecular weight excluding hydrogens is 260 g/mol. The van der Waals surface area contributed by atoms with E-state index in [0.717, 1.165) is 0 Å². The summed E-state index contributed by atoms with van der Waals surface area (Å²) in [6.45, 7) is 3.38. The van der Waals surface area contributed by atoms with Gasteiger partial charge in [0.1, 0.15) is 0 Å². The Hall–Kier alpha value is -0.770. The first-order valence-electron chi connectivity index (χ1n) is 3.84. The molecule has 0 radical (unpaired) electrons. The first-order chi connectivity index (χ1) is 6.87. The third-order valence-corrected chi connectivity index (χ3v) is 3.12. The minimum atomic E-state index is -1.66. The molecule has 1 aromatic rings. The molecule has 0 saturated carbocycles. The van der Waals surface area contributed by atoms with Gasteiger partial charge in [0.2, 0.25) is 0 Å². The van der Waals surface area contributed by atoms with Crippen LogP contribution >= 0.6 is 34.8 Å². The summed E-state index contributed by atoms with van der Waals surface area (Å²) in [5.41, 5.74) is -0.0809. The van der Waals surface area contributed by atoms with Crippen LogP contribution in [0.2, 0.25) is 0 Å². The summed E-state index contributed by atoms with van der Waals surface area (Å²) in [6, 6.07) is 5.84. The van der Waals surface area contributed by atoms with E-state index in [0.29, 0.717) is 0 Å². The monoisotopic (exact) mass is 265 g/mol. The lowest BCUT2D eigenvalue weighted by atomic mass is 10.1. The molecule has 0 amide bonds. The van der Waals surface area contributed by atoms with Gasteiger partial charge in [-0.1, -0.05) is 53.5 Å². The molecule has 80 valence electrons. The van der Waals surface area contributed by atoms with E-state index in [9.17, 15) is 10.1 Å². The number of nitro benzene ring substituents is 1. The number of halogens is 3. The van der Waals surface area contributed by atoms with Crippen molar-refractivity contribution >= 4 is 40.5 Å². The third kappa shape index (κ3) is 2.43. The van der Waals surface area contributed by atoms with E-state index in [1.54, 1.807) is 6.07 Å². The summed E-state index contributed by atoms with van der Waals surface area (Å²) in [5.74, 6) is 0. The molecule has 1 aromatic carbocycles. The molecule has 0 atom stereocenters. The van der Waals surface area contributed by atoms with Crippen LogP contribution in [-0.4, -0.2) is 4.92 Å². The van der Waals surface area contributed by atoms with Crippen LogP contribution in [0.15, 0.2) is 35.9 Å². The van der Waals surface area contributed by atoms with Crippen molar-refractivity contribution in [3.8, 4) is 0 Å². The van der Waals surface area contributed by atoms with Crippen LogP contribution in [-0.2, 0) is 4.33 Å². The van der Waals surface area contributed by atoms with E-state index < -0.39 is 9.26 Å². The summed E-state index contributed by atoms with van der Waals surface area (Å²) < 4.78 is -1.66. The molecule has 0 aliphatic carbocycles. The number of rotatable bonds is 3. The quantitative estimate of drug-likeness (QED) is 0.472. The van der Waals surface area contributed by atoms with Gasteiger partial charge in [-0.15, -0.1) is 0 Å². The van der Waals surface area contributed by atoms with Gasteiger partial charge >= 0.3 is 0 Å². The summed E-state index contributed by atoms with van der Waals surface area (Å²) in [6.07, 6.45) is 0. The molecule has 0 fully saturated rings. The lowest BCUT2D eigenvalue weighted by molar-refractivity contribution is -0.385. The van der Waals surface area contributed by atoms with Crippen LogP contribution in [0.1, 0.15) is 5.56 Å². The largest absolute Gasteiger partial charge is 0.276 e. The van der Waals surface area contributed by atoms with E-state index in [1.807, 2.05) is 0 Å². The van der Waals surface area contributed by atoms with Gasteiger partial charge in [-0.2, -0.15) is 0 Å². The fourth-order valence-corrected chi connectivity index (χ4v) is 1.47. The second-order valence-electron chi connectivity index (χ2n) is 2.75. The Kier molecular flexibility index (Phi) is 3.60. The highest BCUT2D eigenvalue weighted by Gasteiger charge is 2.35. The maximum Gasteiger partial charge on any atom is 0.276 e. The Bertz CT molecular complexity index is 418. The van der Waals surface area contributed by atoms with Gasteiger partial charge in [0, 0.05) is 6.07 Å². The number of allylic oxidation sites excluding steroid dienone is 1. The highest BCUT2D eigenvalue weighted by atomic mass is 35.5. The second kappa shape index (κ2) is 4.39. The van der Waals surface area contributed by atoms with E-state index in [2.05, 4.69) is 6.58 Å². The van der Waals surface area contributed by atoms with Crippen molar-refractivity contribution in [1.82, 2.24) is 0 Å². The summed E-state index contributed by atoms with van der Waals surface area (Å²) in [5, 5.41) is 10.6. The molecule has 0 unspecified atom stereocenters. The minimum absolute atomic E-state index is 0.0832. The van der Waals surface area contributed by atoms with E-state index >= 15 is 0 Å². The number of hydrogen-bond donors (Lipinski definition) is 0. The zero-order valence-electron chi connectivity index (χ0n) is 7.41. The molecular formula is C9H6Cl3NO2. The Morgan fingerprint density at radius 2 is 1.93 bits per heavy atom. The van der Waals surface area contributed by atoms with Crippen LogP contribution in [0.25, 0.3) is 0 Å². The van der Waals surface area contributed by atoms with Gasteiger partial charge in [-0.3, -0.25) is 10.1 Å². The molecule has 0 spiro atoms. The molecule has 0 saturated heterocycles.